The van der Waals surface area contributed by atoms with Crippen molar-refractivity contribution >= 4 is 50.2 Å². The minimum Gasteiger partial charge on any atom is -0.425 e. The summed E-state index contributed by atoms with van der Waals surface area (Å²) in [7, 11) is 0. The van der Waals surface area contributed by atoms with Crippen LogP contribution in [0.15, 0.2) is 65.1 Å². The maximum Gasteiger partial charge on any atom is 0.314 e. The molecule has 3 aromatic carbocycles. The molecule has 4 nitrogen and oxygen atoms in total. The first-order valence-electron chi connectivity index (χ1n) is 9.47. The van der Waals surface area contributed by atoms with E-state index in [1.165, 1.54) is 0 Å². The van der Waals surface area contributed by atoms with Gasteiger partial charge in [-0.25, -0.2) is 0 Å². The van der Waals surface area contributed by atoms with Crippen LogP contribution in [0.3, 0.4) is 0 Å². The summed E-state index contributed by atoms with van der Waals surface area (Å²) in [6, 6.07) is 18.8. The van der Waals surface area contributed by atoms with Gasteiger partial charge in [-0.2, -0.15) is 0 Å². The number of esters is 1. The van der Waals surface area contributed by atoms with Gasteiger partial charge in [-0.1, -0.05) is 63.9 Å². The predicted molar refractivity (Wildman–Crippen MR) is 117 cm³/mol. The molecule has 1 fully saturated rings. The fourth-order valence-corrected chi connectivity index (χ4v) is 4.36. The lowest BCUT2D eigenvalue weighted by Gasteiger charge is -2.31. The van der Waals surface area contributed by atoms with Crippen LogP contribution in [0.5, 0.6) is 5.75 Å². The van der Waals surface area contributed by atoms with Gasteiger partial charge >= 0.3 is 5.97 Å². The Morgan fingerprint density at radius 2 is 1.72 bits per heavy atom. The van der Waals surface area contributed by atoms with E-state index in [0.29, 0.717) is 42.3 Å². The van der Waals surface area contributed by atoms with Gasteiger partial charge in [0.15, 0.2) is 0 Å². The second-order valence-corrected chi connectivity index (χ2v) is 8.41. The number of likely N-dealkylation sites (tertiary alicyclic amines) is 1. The molecule has 1 heterocycles. The number of amides is 1. The highest BCUT2D eigenvalue weighted by atomic mass is 79.9. The fraction of sp³-hybridized carbons (Fsp3) is 0.217. The lowest BCUT2D eigenvalue weighted by atomic mass is 9.95. The topological polar surface area (TPSA) is 46.6 Å². The second-order valence-electron chi connectivity index (χ2n) is 7.09. The van der Waals surface area contributed by atoms with E-state index in [0.717, 1.165) is 15.2 Å². The number of piperidine rings is 1. The normalized spacial score (nSPS) is 14.8. The minimum atomic E-state index is -0.300. The molecular weight excluding hydrogens is 454 g/mol. The van der Waals surface area contributed by atoms with E-state index in [1.54, 1.807) is 18.2 Å². The average molecular weight is 473 g/mol. The third kappa shape index (κ3) is 4.31. The van der Waals surface area contributed by atoms with E-state index in [-0.39, 0.29) is 17.8 Å². The van der Waals surface area contributed by atoms with Crippen molar-refractivity contribution in [2.45, 2.75) is 12.8 Å². The van der Waals surface area contributed by atoms with Gasteiger partial charge in [0.25, 0.3) is 5.91 Å². The zero-order chi connectivity index (χ0) is 20.4. The molecule has 29 heavy (non-hydrogen) atoms. The molecule has 0 spiro atoms. The van der Waals surface area contributed by atoms with Gasteiger partial charge in [0.05, 0.1) is 10.9 Å². The molecule has 3 aromatic rings. The molecule has 0 aliphatic carbocycles. The number of nitrogens with zero attached hydrogens (tertiary/aromatic N) is 1. The van der Waals surface area contributed by atoms with Crippen molar-refractivity contribution in [3.05, 3.63) is 75.7 Å². The number of hydrogen-bond acceptors (Lipinski definition) is 3. The highest BCUT2D eigenvalue weighted by Gasteiger charge is 2.30. The predicted octanol–water partition coefficient (Wildman–Crippen LogP) is 5.71. The smallest absolute Gasteiger partial charge is 0.314 e. The first-order valence-corrected chi connectivity index (χ1v) is 10.6. The fourth-order valence-electron chi connectivity index (χ4n) is 3.65. The molecule has 4 rings (SSSR count). The molecule has 1 saturated heterocycles. The molecule has 148 valence electrons. The maximum atomic E-state index is 13.0. The van der Waals surface area contributed by atoms with Crippen LogP contribution in [0.1, 0.15) is 23.2 Å². The number of fused-ring (bicyclic) bond motifs is 1. The highest BCUT2D eigenvalue weighted by molar-refractivity contribution is 9.10. The van der Waals surface area contributed by atoms with E-state index in [2.05, 4.69) is 15.9 Å². The second kappa shape index (κ2) is 8.56. The van der Waals surface area contributed by atoms with Gasteiger partial charge in [0.1, 0.15) is 5.75 Å². The molecule has 1 amide bonds. The van der Waals surface area contributed by atoms with Crippen molar-refractivity contribution in [1.82, 2.24) is 4.90 Å². The van der Waals surface area contributed by atoms with Crippen molar-refractivity contribution in [2.24, 2.45) is 5.92 Å². The molecule has 0 N–H and O–H groups in total. The Morgan fingerprint density at radius 3 is 2.48 bits per heavy atom. The van der Waals surface area contributed by atoms with E-state index in [4.69, 9.17) is 16.3 Å². The van der Waals surface area contributed by atoms with E-state index in [1.807, 2.05) is 47.4 Å². The van der Waals surface area contributed by atoms with Gasteiger partial charge in [-0.3, -0.25) is 9.59 Å². The number of halogens is 2. The molecule has 6 heteroatoms. The van der Waals surface area contributed by atoms with Crippen LogP contribution in [0, 0.1) is 5.92 Å². The molecule has 0 saturated carbocycles. The van der Waals surface area contributed by atoms with Crippen LogP contribution in [0.25, 0.3) is 10.8 Å². The number of ether oxygens (including phenoxy) is 1. The molecule has 0 aromatic heterocycles. The number of carbonyl (C=O) groups is 2. The number of carbonyl (C=O) groups excluding carboxylic acids is 2. The van der Waals surface area contributed by atoms with Crippen LogP contribution < -0.4 is 4.74 Å². The summed E-state index contributed by atoms with van der Waals surface area (Å²) in [5, 5.41) is 2.38. The van der Waals surface area contributed by atoms with Gasteiger partial charge in [0.2, 0.25) is 0 Å². The van der Waals surface area contributed by atoms with Crippen LogP contribution in [0.2, 0.25) is 5.02 Å². The third-order valence-corrected chi connectivity index (χ3v) is 6.03. The maximum absolute atomic E-state index is 13.0. The first-order chi connectivity index (χ1) is 14.0. The largest absolute Gasteiger partial charge is 0.425 e. The highest BCUT2D eigenvalue weighted by Crippen LogP contribution is 2.30. The molecule has 0 atom stereocenters. The summed E-state index contributed by atoms with van der Waals surface area (Å²) in [5.74, 6) is -0.184. The molecule has 1 aliphatic heterocycles. The van der Waals surface area contributed by atoms with E-state index >= 15 is 0 Å². The van der Waals surface area contributed by atoms with Gasteiger partial charge < -0.3 is 9.64 Å². The summed E-state index contributed by atoms with van der Waals surface area (Å²) in [6.07, 6.45) is 1.15. The van der Waals surface area contributed by atoms with Crippen molar-refractivity contribution in [3.8, 4) is 5.75 Å². The van der Waals surface area contributed by atoms with Crippen LogP contribution in [0.4, 0.5) is 0 Å². The monoisotopic (exact) mass is 471 g/mol. The Balaban J connectivity index is 1.41. The number of hydrogen-bond donors (Lipinski definition) is 0. The van der Waals surface area contributed by atoms with Gasteiger partial charge in [-0.15, -0.1) is 0 Å². The summed E-state index contributed by atoms with van der Waals surface area (Å²) < 4.78 is 6.30. The van der Waals surface area contributed by atoms with Crippen molar-refractivity contribution in [2.75, 3.05) is 13.1 Å². The first kappa shape index (κ1) is 19.9. The molecule has 0 unspecified atom stereocenters. The molecule has 0 bridgehead atoms. The molecular formula is C23H19BrClNO3. The Labute approximate surface area is 182 Å². The van der Waals surface area contributed by atoms with Gasteiger partial charge in [0, 0.05) is 23.1 Å². The Kier molecular flexibility index (Phi) is 5.88. The number of rotatable bonds is 3. The van der Waals surface area contributed by atoms with Crippen molar-refractivity contribution < 1.29 is 14.3 Å². The summed E-state index contributed by atoms with van der Waals surface area (Å²) in [5.41, 5.74) is 0.700. The van der Waals surface area contributed by atoms with Crippen molar-refractivity contribution in [3.63, 3.8) is 0 Å². The SMILES string of the molecule is O=C(Oc1ccc(Br)cc1Cl)C1CCN(C(=O)c2cccc3ccccc23)CC1. The zero-order valence-electron chi connectivity index (χ0n) is 15.6. The molecule has 1 aliphatic rings. The Bertz CT molecular complexity index is 1070. The van der Waals surface area contributed by atoms with Crippen LogP contribution in [-0.4, -0.2) is 29.9 Å². The summed E-state index contributed by atoms with van der Waals surface area (Å²) >= 11 is 9.46. The minimum absolute atomic E-state index is 0.00423. The lowest BCUT2D eigenvalue weighted by Crippen LogP contribution is -2.41. The van der Waals surface area contributed by atoms with Crippen LogP contribution >= 0.6 is 27.5 Å². The van der Waals surface area contributed by atoms with Gasteiger partial charge in [-0.05, 0) is 47.9 Å². The van der Waals surface area contributed by atoms with Crippen LogP contribution in [-0.2, 0) is 4.79 Å². The molecule has 0 radical (unpaired) electrons. The average Bonchev–Trinajstić information content (AvgIpc) is 2.75. The number of benzene rings is 3. The zero-order valence-corrected chi connectivity index (χ0v) is 17.9. The quantitative estimate of drug-likeness (QED) is 0.362. The summed E-state index contributed by atoms with van der Waals surface area (Å²) in [4.78, 5) is 27.4. The Morgan fingerprint density at radius 1 is 1.00 bits per heavy atom. The van der Waals surface area contributed by atoms with E-state index in [9.17, 15) is 9.59 Å². The van der Waals surface area contributed by atoms with E-state index < -0.39 is 0 Å². The van der Waals surface area contributed by atoms with Crippen molar-refractivity contribution in [1.29, 1.82) is 0 Å². The Hall–Kier alpha value is -2.37. The third-order valence-electron chi connectivity index (χ3n) is 5.24. The standard InChI is InChI=1S/C23H19BrClNO3/c24-17-8-9-21(20(25)14-17)29-23(28)16-10-12-26(13-11-16)22(27)19-7-3-5-15-4-1-2-6-18(15)19/h1-9,14,16H,10-13H2. The summed E-state index contributed by atoms with van der Waals surface area (Å²) in [6.45, 7) is 1.05. The lowest BCUT2D eigenvalue weighted by molar-refractivity contribution is -0.140.